The Bertz CT molecular complexity index is 342. The van der Waals surface area contributed by atoms with Gasteiger partial charge in [0.2, 0.25) is 0 Å². The SMILES string of the molecule is OCc1ccc(Cl)c2c1B(O)OC2. The molecular weight excluding hydrogens is 190 g/mol. The van der Waals surface area contributed by atoms with Crippen molar-refractivity contribution in [2.45, 2.75) is 13.2 Å². The Labute approximate surface area is 81.1 Å². The minimum atomic E-state index is -0.948. The molecule has 1 aromatic rings. The van der Waals surface area contributed by atoms with Gasteiger partial charge in [0.1, 0.15) is 0 Å². The lowest BCUT2D eigenvalue weighted by molar-refractivity contribution is 0.273. The zero-order chi connectivity index (χ0) is 9.42. The number of hydrogen-bond acceptors (Lipinski definition) is 3. The van der Waals surface area contributed by atoms with E-state index in [9.17, 15) is 5.02 Å². The van der Waals surface area contributed by atoms with Gasteiger partial charge in [-0.1, -0.05) is 17.7 Å². The Balaban J connectivity index is 2.60. The summed E-state index contributed by atoms with van der Waals surface area (Å²) in [6.45, 7) is 0.198. The maximum absolute atomic E-state index is 9.43. The molecule has 1 aromatic carbocycles. The summed E-state index contributed by atoms with van der Waals surface area (Å²) in [5.74, 6) is 0. The van der Waals surface area contributed by atoms with E-state index >= 15 is 0 Å². The van der Waals surface area contributed by atoms with Gasteiger partial charge in [0.05, 0.1) is 13.2 Å². The fraction of sp³-hybridized carbons (Fsp3) is 0.250. The molecule has 0 amide bonds. The number of benzene rings is 1. The van der Waals surface area contributed by atoms with Crippen LogP contribution in [0.15, 0.2) is 12.1 Å². The van der Waals surface area contributed by atoms with E-state index in [1.54, 1.807) is 12.1 Å². The highest BCUT2D eigenvalue weighted by Crippen LogP contribution is 2.21. The molecule has 0 atom stereocenters. The summed E-state index contributed by atoms with van der Waals surface area (Å²) in [6, 6.07) is 3.40. The average molecular weight is 198 g/mol. The molecule has 0 radical (unpaired) electrons. The van der Waals surface area contributed by atoms with E-state index in [1.807, 2.05) is 0 Å². The van der Waals surface area contributed by atoms with Crippen LogP contribution in [-0.4, -0.2) is 17.2 Å². The highest BCUT2D eigenvalue weighted by Gasteiger charge is 2.31. The number of rotatable bonds is 1. The van der Waals surface area contributed by atoms with Crippen molar-refractivity contribution in [3.63, 3.8) is 0 Å². The zero-order valence-electron chi connectivity index (χ0n) is 6.83. The highest BCUT2D eigenvalue weighted by molar-refractivity contribution is 6.62. The van der Waals surface area contributed by atoms with E-state index in [0.29, 0.717) is 22.7 Å². The monoisotopic (exact) mass is 198 g/mol. The van der Waals surface area contributed by atoms with Gasteiger partial charge in [0, 0.05) is 5.02 Å². The van der Waals surface area contributed by atoms with Crippen LogP contribution in [0.3, 0.4) is 0 Å². The highest BCUT2D eigenvalue weighted by atomic mass is 35.5. The molecule has 5 heteroatoms. The first-order chi connectivity index (χ1) is 6.24. The largest absolute Gasteiger partial charge is 0.492 e. The van der Waals surface area contributed by atoms with Gasteiger partial charge in [-0.05, 0) is 22.7 Å². The van der Waals surface area contributed by atoms with Crippen LogP contribution in [0.25, 0.3) is 0 Å². The zero-order valence-corrected chi connectivity index (χ0v) is 7.58. The predicted octanol–water partition coefficient (Wildman–Crippen LogP) is 0.0500. The topological polar surface area (TPSA) is 49.7 Å². The van der Waals surface area contributed by atoms with Crippen molar-refractivity contribution in [2.75, 3.05) is 0 Å². The maximum Gasteiger partial charge on any atom is 0.492 e. The molecule has 0 bridgehead atoms. The number of fused-ring (bicyclic) bond motifs is 1. The summed E-state index contributed by atoms with van der Waals surface area (Å²) in [4.78, 5) is 0. The first-order valence-corrected chi connectivity index (χ1v) is 4.32. The molecule has 2 rings (SSSR count). The normalized spacial score (nSPS) is 14.8. The van der Waals surface area contributed by atoms with Gasteiger partial charge in [-0.25, -0.2) is 0 Å². The van der Waals surface area contributed by atoms with Gasteiger partial charge in [-0.15, -0.1) is 0 Å². The fourth-order valence-electron chi connectivity index (χ4n) is 1.52. The quantitative estimate of drug-likeness (QED) is 0.627. The molecule has 0 saturated heterocycles. The second-order valence-corrected chi connectivity index (χ2v) is 3.33. The van der Waals surface area contributed by atoms with Crippen molar-refractivity contribution < 1.29 is 14.8 Å². The minimum Gasteiger partial charge on any atom is -0.423 e. The van der Waals surface area contributed by atoms with Crippen molar-refractivity contribution >= 4 is 24.2 Å². The Morgan fingerprint density at radius 2 is 2.31 bits per heavy atom. The molecule has 2 N–H and O–H groups in total. The summed E-state index contributed by atoms with van der Waals surface area (Å²) < 4.78 is 5.01. The molecule has 1 heterocycles. The van der Waals surface area contributed by atoms with E-state index in [1.165, 1.54) is 0 Å². The molecule has 68 valence electrons. The van der Waals surface area contributed by atoms with Gasteiger partial charge in [0.15, 0.2) is 0 Å². The first-order valence-electron chi connectivity index (χ1n) is 3.94. The first kappa shape index (κ1) is 9.03. The van der Waals surface area contributed by atoms with Gasteiger partial charge >= 0.3 is 7.12 Å². The summed E-state index contributed by atoms with van der Waals surface area (Å²) in [7, 11) is -0.948. The fourth-order valence-corrected chi connectivity index (χ4v) is 1.74. The molecule has 13 heavy (non-hydrogen) atoms. The van der Waals surface area contributed by atoms with Crippen molar-refractivity contribution in [1.82, 2.24) is 0 Å². The molecule has 0 unspecified atom stereocenters. The lowest BCUT2D eigenvalue weighted by Gasteiger charge is -2.06. The van der Waals surface area contributed by atoms with Gasteiger partial charge in [-0.2, -0.15) is 0 Å². The Hall–Kier alpha value is -0.545. The van der Waals surface area contributed by atoms with Crippen LogP contribution in [0.4, 0.5) is 0 Å². The maximum atomic E-state index is 9.43. The summed E-state index contributed by atoms with van der Waals surface area (Å²) >= 11 is 5.89. The third kappa shape index (κ3) is 1.36. The number of aliphatic hydroxyl groups excluding tert-OH is 1. The van der Waals surface area contributed by atoms with Crippen LogP contribution in [0.5, 0.6) is 0 Å². The van der Waals surface area contributed by atoms with Crippen LogP contribution in [0, 0.1) is 0 Å². The molecule has 0 aromatic heterocycles. The molecular formula is C8H8BClO3. The summed E-state index contributed by atoms with van der Waals surface area (Å²) in [6.07, 6.45) is 0. The van der Waals surface area contributed by atoms with Crippen LogP contribution in [0.2, 0.25) is 5.02 Å². The standard InChI is InChI=1S/C8H8BClO3/c10-7-2-1-5(3-11)8-6(7)4-13-9(8)12/h1-2,11-12H,3-4H2. The van der Waals surface area contributed by atoms with E-state index in [2.05, 4.69) is 0 Å². The Kier molecular flexibility index (Phi) is 2.30. The third-order valence-corrected chi connectivity index (χ3v) is 2.55. The molecule has 0 saturated carbocycles. The van der Waals surface area contributed by atoms with E-state index in [0.717, 1.165) is 5.56 Å². The van der Waals surface area contributed by atoms with Crippen LogP contribution in [0.1, 0.15) is 11.1 Å². The van der Waals surface area contributed by atoms with Crippen molar-refractivity contribution in [3.05, 3.63) is 28.3 Å². The van der Waals surface area contributed by atoms with E-state index < -0.39 is 7.12 Å². The summed E-state index contributed by atoms with van der Waals surface area (Å²) in [5.41, 5.74) is 2.07. The van der Waals surface area contributed by atoms with Crippen molar-refractivity contribution in [1.29, 1.82) is 0 Å². The molecule has 0 fully saturated rings. The lowest BCUT2D eigenvalue weighted by atomic mass is 9.76. The van der Waals surface area contributed by atoms with Gasteiger partial charge < -0.3 is 14.8 Å². The van der Waals surface area contributed by atoms with E-state index in [-0.39, 0.29) is 6.61 Å². The minimum absolute atomic E-state index is 0.111. The number of aliphatic hydroxyl groups is 1. The van der Waals surface area contributed by atoms with Crippen LogP contribution < -0.4 is 5.46 Å². The lowest BCUT2D eigenvalue weighted by Crippen LogP contribution is -2.31. The number of halogens is 1. The predicted molar refractivity (Wildman–Crippen MR) is 49.8 cm³/mol. The Morgan fingerprint density at radius 1 is 1.54 bits per heavy atom. The van der Waals surface area contributed by atoms with Gasteiger partial charge in [0.25, 0.3) is 0 Å². The average Bonchev–Trinajstić information content (AvgIpc) is 2.51. The van der Waals surface area contributed by atoms with Gasteiger partial charge in [-0.3, -0.25) is 0 Å². The molecule has 0 spiro atoms. The summed E-state index contributed by atoms with van der Waals surface area (Å²) in [5, 5.41) is 19.0. The second kappa shape index (κ2) is 3.31. The molecule has 1 aliphatic rings. The third-order valence-electron chi connectivity index (χ3n) is 2.19. The van der Waals surface area contributed by atoms with Crippen molar-refractivity contribution in [2.24, 2.45) is 0 Å². The molecule has 1 aliphatic heterocycles. The smallest absolute Gasteiger partial charge is 0.423 e. The molecule has 3 nitrogen and oxygen atoms in total. The van der Waals surface area contributed by atoms with E-state index in [4.69, 9.17) is 21.4 Å². The second-order valence-electron chi connectivity index (χ2n) is 2.92. The molecule has 0 aliphatic carbocycles. The number of hydrogen-bond donors (Lipinski definition) is 2. The van der Waals surface area contributed by atoms with Crippen LogP contribution in [-0.2, 0) is 17.9 Å². The van der Waals surface area contributed by atoms with Crippen LogP contribution >= 0.6 is 11.6 Å². The Morgan fingerprint density at radius 3 is 3.00 bits per heavy atom. The van der Waals surface area contributed by atoms with Crippen molar-refractivity contribution in [3.8, 4) is 0 Å².